The molecule has 5 rings (SSSR count). The molecule has 1 saturated heterocycles. The van der Waals surface area contributed by atoms with Gasteiger partial charge in [0.25, 0.3) is 0 Å². The van der Waals surface area contributed by atoms with E-state index in [4.69, 9.17) is 22.3 Å². The molecule has 2 unspecified atom stereocenters. The Hall–Kier alpha value is -4.38. The van der Waals surface area contributed by atoms with Crippen molar-refractivity contribution in [3.05, 3.63) is 75.7 Å². The second kappa shape index (κ2) is 12.0. The van der Waals surface area contributed by atoms with E-state index in [1.54, 1.807) is 29.2 Å². The van der Waals surface area contributed by atoms with Gasteiger partial charge in [0.2, 0.25) is 11.9 Å². The summed E-state index contributed by atoms with van der Waals surface area (Å²) in [5.74, 6) is -0.470. The summed E-state index contributed by atoms with van der Waals surface area (Å²) in [7, 11) is 0. The highest BCUT2D eigenvalue weighted by Gasteiger charge is 2.34. The molecule has 1 fully saturated rings. The van der Waals surface area contributed by atoms with E-state index in [-0.39, 0.29) is 57.7 Å². The van der Waals surface area contributed by atoms with Gasteiger partial charge in [-0.2, -0.15) is 4.98 Å². The van der Waals surface area contributed by atoms with Crippen LogP contribution in [0.2, 0.25) is 5.02 Å². The van der Waals surface area contributed by atoms with E-state index in [0.29, 0.717) is 41.4 Å². The van der Waals surface area contributed by atoms with Gasteiger partial charge >= 0.3 is 5.69 Å². The van der Waals surface area contributed by atoms with Gasteiger partial charge in [-0.3, -0.25) is 4.79 Å². The molecule has 0 radical (unpaired) electrons. The lowest BCUT2D eigenvalue weighted by Gasteiger charge is -2.44. The molecule has 1 aliphatic rings. The fourth-order valence-electron chi connectivity index (χ4n) is 5.76. The van der Waals surface area contributed by atoms with Crippen LogP contribution in [-0.2, 0) is 4.79 Å². The number of pyridine rings is 1. The average Bonchev–Trinajstić information content (AvgIpc) is 2.97. The van der Waals surface area contributed by atoms with Gasteiger partial charge in [-0.05, 0) is 50.0 Å². The predicted octanol–water partition coefficient (Wildman–Crippen LogP) is 5.47. The third-order valence-electron chi connectivity index (χ3n) is 7.92. The highest BCUT2D eigenvalue weighted by molar-refractivity contribution is 6.33. The van der Waals surface area contributed by atoms with E-state index in [1.807, 2.05) is 46.4 Å². The Balaban J connectivity index is 1.87. The minimum Gasteiger partial charge on any atom is -0.368 e. The first-order chi connectivity index (χ1) is 20.8. The number of piperazine rings is 1. The number of rotatable bonds is 6. The monoisotopic (exact) mass is 618 g/mol. The average molecular weight is 619 g/mol. The van der Waals surface area contributed by atoms with Crippen LogP contribution < -0.4 is 16.3 Å². The number of halogens is 2. The van der Waals surface area contributed by atoms with Gasteiger partial charge < -0.3 is 15.5 Å². The minimum atomic E-state index is -0.608. The Labute approximate surface area is 260 Å². The van der Waals surface area contributed by atoms with Crippen LogP contribution in [0.15, 0.2) is 47.8 Å². The van der Waals surface area contributed by atoms with E-state index in [1.165, 1.54) is 16.7 Å². The number of fused-ring (bicyclic) bond motifs is 1. The number of nitrogen functional groups attached to an aromatic ring is 1. The summed E-state index contributed by atoms with van der Waals surface area (Å²) in [6.45, 7) is 16.1. The van der Waals surface area contributed by atoms with Crippen LogP contribution in [0.5, 0.6) is 0 Å². The first-order valence-electron chi connectivity index (χ1n) is 14.6. The maximum atomic E-state index is 15.1. The number of aromatic nitrogens is 5. The van der Waals surface area contributed by atoms with Crippen molar-refractivity contribution >= 4 is 40.3 Å². The quantitative estimate of drug-likeness (QED) is 0.282. The normalized spacial score (nSPS) is 17.1. The molecule has 4 heterocycles. The first kappa shape index (κ1) is 31.1. The lowest BCUT2D eigenvalue weighted by atomic mass is 10.0. The standard InChI is InChI=1S/C32H36ClFN8O2/c1-8-24(43)40-14-19(7)41(15-18(40)6)29-21-13-22(33)27(20-11-9-10-12-23(20)34)36-30(21)42(32(44)39-29)28-25(16(2)3)37-31(35)38-26(28)17(4)5/h8-13,16-19H,1,14-15H2,2-7H3,(H2,35,37,38). The Kier molecular flexibility index (Phi) is 8.44. The second-order valence-corrected chi connectivity index (χ2v) is 12.2. The number of carbonyl (C=O) groups is 1. The molecule has 12 heteroatoms. The molecule has 2 atom stereocenters. The van der Waals surface area contributed by atoms with Crippen LogP contribution in [-0.4, -0.2) is 60.5 Å². The molecule has 0 spiro atoms. The number of anilines is 2. The van der Waals surface area contributed by atoms with E-state index >= 15 is 4.39 Å². The molecule has 1 amide bonds. The van der Waals surface area contributed by atoms with E-state index < -0.39 is 11.5 Å². The number of nitrogens with two attached hydrogens (primary N) is 1. The molecular formula is C32H36ClFN8O2. The van der Waals surface area contributed by atoms with Crippen molar-refractivity contribution in [3.8, 4) is 16.9 Å². The van der Waals surface area contributed by atoms with Crippen molar-refractivity contribution in [2.24, 2.45) is 0 Å². The third-order valence-corrected chi connectivity index (χ3v) is 8.21. The van der Waals surface area contributed by atoms with Gasteiger partial charge in [-0.1, -0.05) is 58.0 Å². The Bertz CT molecular complexity index is 1810. The van der Waals surface area contributed by atoms with Crippen molar-refractivity contribution in [2.75, 3.05) is 23.7 Å². The summed E-state index contributed by atoms with van der Waals surface area (Å²) in [5, 5.41) is 0.678. The van der Waals surface area contributed by atoms with Gasteiger partial charge in [0.15, 0.2) is 5.65 Å². The maximum absolute atomic E-state index is 15.1. The highest BCUT2D eigenvalue weighted by Crippen LogP contribution is 2.37. The molecule has 1 aliphatic heterocycles. The summed E-state index contributed by atoms with van der Waals surface area (Å²) in [4.78, 5) is 49.0. The largest absolute Gasteiger partial charge is 0.368 e. The van der Waals surface area contributed by atoms with Crippen LogP contribution in [0.3, 0.4) is 0 Å². The first-order valence-corrected chi connectivity index (χ1v) is 15.0. The van der Waals surface area contributed by atoms with Crippen molar-refractivity contribution in [1.29, 1.82) is 0 Å². The molecular weight excluding hydrogens is 583 g/mol. The van der Waals surface area contributed by atoms with Crippen LogP contribution in [0.1, 0.15) is 64.8 Å². The van der Waals surface area contributed by atoms with Crippen molar-refractivity contribution in [3.63, 3.8) is 0 Å². The van der Waals surface area contributed by atoms with Crippen LogP contribution in [0.4, 0.5) is 16.2 Å². The van der Waals surface area contributed by atoms with Crippen LogP contribution in [0, 0.1) is 5.82 Å². The third kappa shape index (κ3) is 5.40. The number of carbonyl (C=O) groups excluding carboxylic acids is 1. The molecule has 4 aromatic rings. The molecule has 0 bridgehead atoms. The fourth-order valence-corrected chi connectivity index (χ4v) is 6.01. The SMILES string of the molecule is C=CC(=O)N1CC(C)N(c2nc(=O)n(-c3c(C(C)C)nc(N)nc3C(C)C)c3nc(-c4ccccc4F)c(Cl)cc23)CC1C. The summed E-state index contributed by atoms with van der Waals surface area (Å²) in [6, 6.07) is 7.47. The topological polar surface area (TPSA) is 123 Å². The molecule has 0 saturated carbocycles. The molecule has 3 aromatic heterocycles. The summed E-state index contributed by atoms with van der Waals surface area (Å²) in [5.41, 5.74) is 7.67. The minimum absolute atomic E-state index is 0.0980. The predicted molar refractivity (Wildman–Crippen MR) is 172 cm³/mol. The Morgan fingerprint density at radius 1 is 1.05 bits per heavy atom. The Morgan fingerprint density at radius 2 is 1.68 bits per heavy atom. The molecule has 0 aliphatic carbocycles. The van der Waals surface area contributed by atoms with Crippen molar-refractivity contribution < 1.29 is 9.18 Å². The number of benzene rings is 1. The molecule has 44 heavy (non-hydrogen) atoms. The lowest BCUT2D eigenvalue weighted by Crippen LogP contribution is -2.58. The second-order valence-electron chi connectivity index (χ2n) is 11.8. The number of amides is 1. The number of hydrogen-bond donors (Lipinski definition) is 1. The molecule has 1 aromatic carbocycles. The summed E-state index contributed by atoms with van der Waals surface area (Å²) in [6.07, 6.45) is 1.30. The van der Waals surface area contributed by atoms with E-state index in [0.717, 1.165) is 0 Å². The van der Waals surface area contributed by atoms with Gasteiger partial charge in [0.05, 0.1) is 33.2 Å². The molecule has 230 valence electrons. The van der Waals surface area contributed by atoms with E-state index in [2.05, 4.69) is 21.5 Å². The van der Waals surface area contributed by atoms with Gasteiger partial charge in [-0.25, -0.2) is 28.7 Å². The van der Waals surface area contributed by atoms with Gasteiger partial charge in [0, 0.05) is 30.7 Å². The Morgan fingerprint density at radius 3 is 2.27 bits per heavy atom. The highest BCUT2D eigenvalue weighted by atomic mass is 35.5. The van der Waals surface area contributed by atoms with Crippen LogP contribution >= 0.6 is 11.6 Å². The zero-order valence-corrected chi connectivity index (χ0v) is 26.4. The molecule has 2 N–H and O–H groups in total. The fraction of sp³-hybridized carbons (Fsp3) is 0.375. The summed E-state index contributed by atoms with van der Waals surface area (Å²) < 4.78 is 16.5. The number of hydrogen-bond acceptors (Lipinski definition) is 8. The maximum Gasteiger partial charge on any atom is 0.355 e. The lowest BCUT2D eigenvalue weighted by molar-refractivity contribution is -0.128. The smallest absolute Gasteiger partial charge is 0.355 e. The zero-order chi connectivity index (χ0) is 32.0. The van der Waals surface area contributed by atoms with Crippen molar-refractivity contribution in [1.82, 2.24) is 29.4 Å². The van der Waals surface area contributed by atoms with E-state index in [9.17, 15) is 9.59 Å². The number of nitrogens with zero attached hydrogens (tertiary/aromatic N) is 7. The van der Waals surface area contributed by atoms with Crippen molar-refractivity contribution in [2.45, 2.75) is 65.5 Å². The zero-order valence-electron chi connectivity index (χ0n) is 25.7. The van der Waals surface area contributed by atoms with Crippen LogP contribution in [0.25, 0.3) is 28.0 Å². The van der Waals surface area contributed by atoms with Gasteiger partial charge in [0.1, 0.15) is 11.6 Å². The summed E-state index contributed by atoms with van der Waals surface area (Å²) >= 11 is 6.82. The molecule has 10 nitrogen and oxygen atoms in total. The van der Waals surface area contributed by atoms with Gasteiger partial charge in [-0.15, -0.1) is 0 Å².